The number of ether oxygens (including phenoxy) is 1. The Bertz CT molecular complexity index is 542. The predicted molar refractivity (Wildman–Crippen MR) is 81.4 cm³/mol. The number of alkyl halides is 3. The van der Waals surface area contributed by atoms with Gasteiger partial charge in [-0.3, -0.25) is 0 Å². The van der Waals surface area contributed by atoms with Crippen molar-refractivity contribution in [2.45, 2.75) is 44.1 Å². The number of nitrogens with one attached hydrogen (secondary N) is 2. The van der Waals surface area contributed by atoms with Crippen LogP contribution < -0.4 is 10.6 Å². The minimum Gasteiger partial charge on any atom is -0.386 e. The van der Waals surface area contributed by atoms with Crippen molar-refractivity contribution in [3.63, 3.8) is 0 Å². The van der Waals surface area contributed by atoms with Gasteiger partial charge in [-0.15, -0.1) is 0 Å². The first-order valence-electron chi connectivity index (χ1n) is 7.81. The van der Waals surface area contributed by atoms with Gasteiger partial charge in [0.15, 0.2) is 0 Å². The molecule has 5 nitrogen and oxygen atoms in total. The molecule has 3 atom stereocenters. The summed E-state index contributed by atoms with van der Waals surface area (Å²) in [6.07, 6.45) is -4.36. The van der Waals surface area contributed by atoms with Crippen molar-refractivity contribution in [3.05, 3.63) is 35.4 Å². The van der Waals surface area contributed by atoms with Gasteiger partial charge in [0, 0.05) is 6.61 Å². The number of amides is 2. The number of rotatable bonds is 5. The maximum Gasteiger partial charge on any atom is 0.416 e. The molecule has 1 aromatic carbocycles. The van der Waals surface area contributed by atoms with Crippen LogP contribution in [0.4, 0.5) is 18.0 Å². The fourth-order valence-electron chi connectivity index (χ4n) is 2.55. The van der Waals surface area contributed by atoms with Crippen molar-refractivity contribution in [1.82, 2.24) is 10.6 Å². The summed E-state index contributed by atoms with van der Waals surface area (Å²) in [5.41, 5.74) is -0.460. The molecule has 8 heteroatoms. The number of carbonyl (C=O) groups is 1. The summed E-state index contributed by atoms with van der Waals surface area (Å²) >= 11 is 0. The van der Waals surface area contributed by atoms with Crippen molar-refractivity contribution in [1.29, 1.82) is 0 Å². The van der Waals surface area contributed by atoms with Gasteiger partial charge in [0.2, 0.25) is 0 Å². The first-order chi connectivity index (χ1) is 11.3. The highest BCUT2D eigenvalue weighted by atomic mass is 19.4. The Morgan fingerprint density at radius 1 is 1.38 bits per heavy atom. The van der Waals surface area contributed by atoms with Gasteiger partial charge in [0.25, 0.3) is 0 Å². The molecule has 1 heterocycles. The third-order valence-electron chi connectivity index (χ3n) is 3.98. The molecule has 0 aromatic heterocycles. The number of hydrogen-bond donors (Lipinski definition) is 3. The standard InChI is InChI=1S/C16H21F3N2O3/c1-2-13(21-15(23)20-12-7-8-24-9-12)14(22)10-3-5-11(6-4-10)16(17,18)19/h3-6,12-14,22H,2,7-9H2,1H3,(H2,20,21,23). The molecule has 0 spiro atoms. The van der Waals surface area contributed by atoms with Gasteiger partial charge < -0.3 is 20.5 Å². The zero-order valence-corrected chi connectivity index (χ0v) is 13.3. The summed E-state index contributed by atoms with van der Waals surface area (Å²) in [7, 11) is 0. The van der Waals surface area contributed by atoms with Crippen molar-refractivity contribution in [2.24, 2.45) is 0 Å². The molecule has 1 aliphatic rings. The molecule has 1 aromatic rings. The summed E-state index contributed by atoms with van der Waals surface area (Å²) in [5.74, 6) is 0. The van der Waals surface area contributed by atoms with E-state index >= 15 is 0 Å². The smallest absolute Gasteiger partial charge is 0.386 e. The highest BCUT2D eigenvalue weighted by Crippen LogP contribution is 2.30. The summed E-state index contributed by atoms with van der Waals surface area (Å²) < 4.78 is 42.9. The third kappa shape index (κ3) is 4.85. The minimum atomic E-state index is -4.42. The molecule has 1 fully saturated rings. The lowest BCUT2D eigenvalue weighted by Crippen LogP contribution is -2.48. The minimum absolute atomic E-state index is 0.0641. The number of benzene rings is 1. The molecule has 0 radical (unpaired) electrons. The van der Waals surface area contributed by atoms with E-state index in [2.05, 4.69) is 10.6 Å². The molecule has 24 heavy (non-hydrogen) atoms. The predicted octanol–water partition coefficient (Wildman–Crippen LogP) is 2.61. The van der Waals surface area contributed by atoms with Crippen LogP contribution in [0.1, 0.15) is 37.0 Å². The Hall–Kier alpha value is -1.80. The normalized spacial score (nSPS) is 20.5. The average Bonchev–Trinajstić information content (AvgIpc) is 3.04. The first-order valence-corrected chi connectivity index (χ1v) is 7.81. The molecule has 2 rings (SSSR count). The largest absolute Gasteiger partial charge is 0.416 e. The van der Waals surface area contributed by atoms with Gasteiger partial charge >= 0.3 is 12.2 Å². The van der Waals surface area contributed by atoms with Gasteiger partial charge in [-0.1, -0.05) is 19.1 Å². The number of hydrogen-bond acceptors (Lipinski definition) is 3. The van der Waals surface area contributed by atoms with Crippen LogP contribution >= 0.6 is 0 Å². The lowest BCUT2D eigenvalue weighted by Gasteiger charge is -2.24. The zero-order valence-electron chi connectivity index (χ0n) is 13.3. The first kappa shape index (κ1) is 18.5. The molecule has 0 bridgehead atoms. The topological polar surface area (TPSA) is 70.6 Å². The Balaban J connectivity index is 1.97. The van der Waals surface area contributed by atoms with Crippen LogP contribution in [-0.2, 0) is 10.9 Å². The lowest BCUT2D eigenvalue weighted by molar-refractivity contribution is -0.137. The number of urea groups is 1. The molecule has 3 unspecified atom stereocenters. The van der Waals surface area contributed by atoms with Crippen LogP contribution in [0, 0.1) is 0 Å². The monoisotopic (exact) mass is 346 g/mol. The number of aliphatic hydroxyl groups is 1. The second-order valence-electron chi connectivity index (χ2n) is 5.76. The SMILES string of the molecule is CCC(NC(=O)NC1CCOC1)C(O)c1ccc(C(F)(F)F)cc1. The molecular weight excluding hydrogens is 325 g/mol. The highest BCUT2D eigenvalue weighted by Gasteiger charge is 2.31. The van der Waals surface area contributed by atoms with Crippen LogP contribution in [0.25, 0.3) is 0 Å². The van der Waals surface area contributed by atoms with Crippen LogP contribution in [0.15, 0.2) is 24.3 Å². The van der Waals surface area contributed by atoms with E-state index in [1.807, 2.05) is 0 Å². The number of aliphatic hydroxyl groups excluding tert-OH is 1. The Morgan fingerprint density at radius 3 is 2.54 bits per heavy atom. The fraction of sp³-hybridized carbons (Fsp3) is 0.562. The summed E-state index contributed by atoms with van der Waals surface area (Å²) in [6.45, 7) is 2.82. The summed E-state index contributed by atoms with van der Waals surface area (Å²) in [5, 5.41) is 15.7. The van der Waals surface area contributed by atoms with Gasteiger partial charge in [-0.25, -0.2) is 4.79 Å². The van der Waals surface area contributed by atoms with Crippen LogP contribution in [-0.4, -0.2) is 36.4 Å². The second-order valence-corrected chi connectivity index (χ2v) is 5.76. The van der Waals surface area contributed by atoms with Gasteiger partial charge in [-0.05, 0) is 30.5 Å². The lowest BCUT2D eigenvalue weighted by atomic mass is 9.99. The quantitative estimate of drug-likeness (QED) is 0.768. The summed E-state index contributed by atoms with van der Waals surface area (Å²) in [6, 6.07) is 3.18. The molecule has 1 saturated heterocycles. The van der Waals surface area contributed by atoms with Crippen molar-refractivity contribution in [3.8, 4) is 0 Å². The maximum atomic E-state index is 12.6. The molecule has 3 N–H and O–H groups in total. The van der Waals surface area contributed by atoms with Crippen LogP contribution in [0.2, 0.25) is 0 Å². The van der Waals surface area contributed by atoms with Crippen molar-refractivity contribution >= 4 is 6.03 Å². The van der Waals surface area contributed by atoms with Gasteiger partial charge in [0.05, 0.1) is 30.4 Å². The van der Waals surface area contributed by atoms with Crippen LogP contribution in [0.5, 0.6) is 0 Å². The van der Waals surface area contributed by atoms with Crippen LogP contribution in [0.3, 0.4) is 0 Å². The van der Waals surface area contributed by atoms with Gasteiger partial charge in [0.1, 0.15) is 0 Å². The number of halogens is 3. The zero-order chi connectivity index (χ0) is 17.7. The van der Waals surface area contributed by atoms with E-state index in [1.54, 1.807) is 6.92 Å². The van der Waals surface area contributed by atoms with Crippen molar-refractivity contribution < 1.29 is 27.8 Å². The average molecular weight is 346 g/mol. The highest BCUT2D eigenvalue weighted by molar-refractivity contribution is 5.74. The molecule has 0 aliphatic carbocycles. The van der Waals surface area contributed by atoms with Crippen molar-refractivity contribution in [2.75, 3.05) is 13.2 Å². The van der Waals surface area contributed by atoms with E-state index in [-0.39, 0.29) is 6.04 Å². The fourth-order valence-corrected chi connectivity index (χ4v) is 2.55. The third-order valence-corrected chi connectivity index (χ3v) is 3.98. The molecular formula is C16H21F3N2O3. The van der Waals surface area contributed by atoms with E-state index < -0.39 is 29.9 Å². The number of carbonyl (C=O) groups excluding carboxylic acids is 1. The van der Waals surface area contributed by atoms with E-state index in [0.717, 1.165) is 18.6 Å². The molecule has 134 valence electrons. The molecule has 1 aliphatic heterocycles. The van der Waals surface area contributed by atoms with Gasteiger partial charge in [-0.2, -0.15) is 13.2 Å². The molecule has 0 saturated carbocycles. The van der Waals surface area contributed by atoms with E-state index in [0.29, 0.717) is 25.2 Å². The van der Waals surface area contributed by atoms with E-state index in [1.165, 1.54) is 12.1 Å². The second kappa shape index (κ2) is 7.85. The summed E-state index contributed by atoms with van der Waals surface area (Å²) in [4.78, 5) is 12.0. The Labute approximate surface area is 138 Å². The Morgan fingerprint density at radius 2 is 2.04 bits per heavy atom. The van der Waals surface area contributed by atoms with E-state index in [9.17, 15) is 23.1 Å². The Kier molecular flexibility index (Phi) is 6.06. The molecule has 2 amide bonds. The maximum absolute atomic E-state index is 12.6. The van der Waals surface area contributed by atoms with E-state index in [4.69, 9.17) is 4.74 Å².